The molecule has 0 aliphatic carbocycles. The molecular weight excluding hydrogens is 348 g/mol. The molecule has 0 spiro atoms. The van der Waals surface area contributed by atoms with Gasteiger partial charge in [-0.1, -0.05) is 43.6 Å². The number of rotatable bonds is 6. The topological polar surface area (TPSA) is 79.3 Å². The van der Waals surface area contributed by atoms with Gasteiger partial charge in [-0.25, -0.2) is 9.78 Å². The molecule has 0 bridgehead atoms. The molecule has 0 radical (unpaired) electrons. The number of nitrogens with zero attached hydrogens (tertiary/aromatic N) is 1. The highest BCUT2D eigenvalue weighted by Crippen LogP contribution is 2.32. The molecule has 1 aromatic heterocycles. The highest BCUT2D eigenvalue weighted by atomic mass is 35.5. The quantitative estimate of drug-likeness (QED) is 0.809. The number of thiazole rings is 1. The van der Waals surface area contributed by atoms with E-state index in [0.29, 0.717) is 27.0 Å². The number of hydrogen-bond acceptors (Lipinski definition) is 4. The second kappa shape index (κ2) is 7.77. The Morgan fingerprint density at radius 3 is 2.58 bits per heavy atom. The van der Waals surface area contributed by atoms with E-state index in [-0.39, 0.29) is 5.92 Å². The fourth-order valence-corrected chi connectivity index (χ4v) is 3.56. The van der Waals surface area contributed by atoms with Crippen molar-refractivity contribution in [3.63, 3.8) is 0 Å². The van der Waals surface area contributed by atoms with Crippen molar-refractivity contribution >= 4 is 34.8 Å². The van der Waals surface area contributed by atoms with Gasteiger partial charge in [-0.15, -0.1) is 11.3 Å². The van der Waals surface area contributed by atoms with Gasteiger partial charge in [0.15, 0.2) is 0 Å². The predicted molar refractivity (Wildman–Crippen MR) is 95.6 cm³/mol. The molecule has 1 heterocycles. The Labute approximate surface area is 149 Å². The first-order chi connectivity index (χ1) is 11.3. The van der Waals surface area contributed by atoms with Crippen molar-refractivity contribution in [2.45, 2.75) is 33.2 Å². The lowest BCUT2D eigenvalue weighted by molar-refractivity contribution is -0.139. The summed E-state index contributed by atoms with van der Waals surface area (Å²) in [7, 11) is 0. The molecule has 0 saturated heterocycles. The minimum absolute atomic E-state index is 0.160. The third-order valence-corrected chi connectivity index (χ3v) is 4.94. The maximum Gasteiger partial charge on any atom is 0.326 e. The van der Waals surface area contributed by atoms with Crippen LogP contribution in [0.1, 0.15) is 35.6 Å². The summed E-state index contributed by atoms with van der Waals surface area (Å²) in [6.45, 7) is 5.55. The zero-order valence-electron chi connectivity index (χ0n) is 13.7. The number of hydrogen-bond donors (Lipinski definition) is 2. The summed E-state index contributed by atoms with van der Waals surface area (Å²) in [5, 5.41) is 13.0. The van der Waals surface area contributed by atoms with Crippen molar-refractivity contribution in [2.24, 2.45) is 5.92 Å². The van der Waals surface area contributed by atoms with Gasteiger partial charge in [0.1, 0.15) is 15.9 Å². The summed E-state index contributed by atoms with van der Waals surface area (Å²) in [6.07, 6.45) is 0.371. The molecule has 1 unspecified atom stereocenters. The second-order valence-electron chi connectivity index (χ2n) is 5.91. The summed E-state index contributed by atoms with van der Waals surface area (Å²) in [5.74, 6) is -1.30. The van der Waals surface area contributed by atoms with Crippen molar-refractivity contribution in [3.05, 3.63) is 39.9 Å². The Hall–Kier alpha value is -1.92. The van der Waals surface area contributed by atoms with Crippen LogP contribution in [0, 0.1) is 12.8 Å². The van der Waals surface area contributed by atoms with Crippen LogP contribution in [0.3, 0.4) is 0 Å². The van der Waals surface area contributed by atoms with Gasteiger partial charge in [0.2, 0.25) is 0 Å². The number of nitrogens with one attached hydrogen (secondary N) is 1. The van der Waals surface area contributed by atoms with Crippen LogP contribution in [0.4, 0.5) is 0 Å². The summed E-state index contributed by atoms with van der Waals surface area (Å²) >= 11 is 7.38. The lowest BCUT2D eigenvalue weighted by Gasteiger charge is -2.15. The van der Waals surface area contributed by atoms with E-state index in [9.17, 15) is 14.7 Å². The van der Waals surface area contributed by atoms with Gasteiger partial charge in [0.05, 0.1) is 10.7 Å². The normalized spacial score (nSPS) is 12.2. The minimum Gasteiger partial charge on any atom is -0.480 e. The average Bonchev–Trinajstić information content (AvgIpc) is 2.88. The lowest BCUT2D eigenvalue weighted by Crippen LogP contribution is -2.41. The molecule has 7 heteroatoms. The van der Waals surface area contributed by atoms with Gasteiger partial charge < -0.3 is 10.4 Å². The molecule has 2 rings (SSSR count). The van der Waals surface area contributed by atoms with Crippen LogP contribution in [0.15, 0.2) is 24.3 Å². The Morgan fingerprint density at radius 2 is 2.00 bits per heavy atom. The van der Waals surface area contributed by atoms with E-state index in [0.717, 1.165) is 5.56 Å². The number of carbonyl (C=O) groups is 2. The van der Waals surface area contributed by atoms with Crippen LogP contribution in [0.2, 0.25) is 5.02 Å². The van der Waals surface area contributed by atoms with Gasteiger partial charge in [-0.05, 0) is 25.3 Å². The van der Waals surface area contributed by atoms with E-state index in [4.69, 9.17) is 11.6 Å². The fraction of sp³-hybridized carbons (Fsp3) is 0.353. The van der Waals surface area contributed by atoms with Crippen molar-refractivity contribution in [1.82, 2.24) is 10.3 Å². The van der Waals surface area contributed by atoms with Crippen LogP contribution < -0.4 is 5.32 Å². The zero-order valence-corrected chi connectivity index (χ0v) is 15.2. The number of carbonyl (C=O) groups excluding carboxylic acids is 1. The third-order valence-electron chi connectivity index (χ3n) is 3.42. The Balaban J connectivity index is 2.25. The van der Waals surface area contributed by atoms with Gasteiger partial charge in [-0.2, -0.15) is 0 Å². The van der Waals surface area contributed by atoms with Crippen LogP contribution in [-0.4, -0.2) is 28.0 Å². The Morgan fingerprint density at radius 1 is 1.33 bits per heavy atom. The van der Waals surface area contributed by atoms with Crippen molar-refractivity contribution in [2.75, 3.05) is 0 Å². The molecule has 24 heavy (non-hydrogen) atoms. The van der Waals surface area contributed by atoms with Crippen LogP contribution >= 0.6 is 22.9 Å². The Bertz CT molecular complexity index is 758. The van der Waals surface area contributed by atoms with Crippen molar-refractivity contribution < 1.29 is 14.7 Å². The molecule has 0 fully saturated rings. The van der Waals surface area contributed by atoms with E-state index < -0.39 is 17.9 Å². The molecule has 1 aromatic carbocycles. The molecular formula is C17H19ClN2O3S. The first kappa shape index (κ1) is 18.4. The first-order valence-electron chi connectivity index (χ1n) is 7.55. The summed E-state index contributed by atoms with van der Waals surface area (Å²) < 4.78 is 0. The molecule has 2 N–H and O–H groups in total. The van der Waals surface area contributed by atoms with E-state index in [1.54, 1.807) is 13.0 Å². The molecule has 128 valence electrons. The number of carboxylic acids is 1. The Kier molecular flexibility index (Phi) is 5.96. The van der Waals surface area contributed by atoms with Crippen LogP contribution in [0.25, 0.3) is 10.6 Å². The molecule has 0 aliphatic heterocycles. The smallest absolute Gasteiger partial charge is 0.326 e. The zero-order chi connectivity index (χ0) is 17.9. The number of halogens is 1. The number of benzene rings is 1. The maximum absolute atomic E-state index is 12.5. The monoisotopic (exact) mass is 366 g/mol. The van der Waals surface area contributed by atoms with Crippen LogP contribution in [0.5, 0.6) is 0 Å². The van der Waals surface area contributed by atoms with Gasteiger partial charge in [0.25, 0.3) is 5.91 Å². The maximum atomic E-state index is 12.5. The van der Waals surface area contributed by atoms with E-state index in [2.05, 4.69) is 10.3 Å². The highest BCUT2D eigenvalue weighted by Gasteiger charge is 2.24. The van der Waals surface area contributed by atoms with Crippen LogP contribution in [-0.2, 0) is 4.79 Å². The van der Waals surface area contributed by atoms with Crippen molar-refractivity contribution in [1.29, 1.82) is 0 Å². The number of aryl methyl sites for hydroxylation is 1. The average molecular weight is 367 g/mol. The predicted octanol–water partition coefficient (Wildman–Crippen LogP) is 4.00. The molecule has 0 saturated carbocycles. The minimum atomic E-state index is -1.04. The van der Waals surface area contributed by atoms with E-state index in [1.165, 1.54) is 11.3 Å². The molecule has 0 aliphatic rings. The molecule has 5 nitrogen and oxygen atoms in total. The second-order valence-corrected chi connectivity index (χ2v) is 7.31. The fourth-order valence-electron chi connectivity index (χ4n) is 2.27. The first-order valence-corrected chi connectivity index (χ1v) is 8.75. The van der Waals surface area contributed by atoms with Crippen molar-refractivity contribution in [3.8, 4) is 10.6 Å². The van der Waals surface area contributed by atoms with Gasteiger partial charge in [0, 0.05) is 5.56 Å². The number of aromatic nitrogens is 1. The third kappa shape index (κ3) is 4.33. The molecule has 1 atom stereocenters. The SMILES string of the molecule is Cc1nc(-c2ccccc2Cl)sc1C(=O)NC(CC(C)C)C(=O)O. The van der Waals surface area contributed by atoms with E-state index >= 15 is 0 Å². The standard InChI is InChI=1S/C17H19ClN2O3S/c1-9(2)8-13(17(22)23)20-15(21)14-10(3)19-16(24-14)11-6-4-5-7-12(11)18/h4-7,9,13H,8H2,1-3H3,(H,20,21)(H,22,23). The van der Waals surface area contributed by atoms with Gasteiger partial charge >= 0.3 is 5.97 Å². The number of aliphatic carboxylic acids is 1. The molecule has 1 amide bonds. The van der Waals surface area contributed by atoms with Gasteiger partial charge in [-0.3, -0.25) is 4.79 Å². The number of carboxylic acid groups (broad SMARTS) is 1. The number of amides is 1. The largest absolute Gasteiger partial charge is 0.480 e. The summed E-state index contributed by atoms with van der Waals surface area (Å²) in [4.78, 5) is 28.6. The molecule has 2 aromatic rings. The summed E-state index contributed by atoms with van der Waals surface area (Å²) in [5.41, 5.74) is 1.31. The highest BCUT2D eigenvalue weighted by molar-refractivity contribution is 7.17. The van der Waals surface area contributed by atoms with E-state index in [1.807, 2.05) is 32.0 Å². The summed E-state index contributed by atoms with van der Waals surface area (Å²) in [6, 6.07) is 6.35. The lowest BCUT2D eigenvalue weighted by atomic mass is 10.0.